The van der Waals surface area contributed by atoms with E-state index < -0.39 is 12.0 Å². The molecule has 24 heavy (non-hydrogen) atoms. The molecule has 2 rings (SSSR count). The van der Waals surface area contributed by atoms with Gasteiger partial charge in [0, 0.05) is 5.56 Å². The van der Waals surface area contributed by atoms with Crippen LogP contribution in [0.3, 0.4) is 0 Å². The second-order valence-electron chi connectivity index (χ2n) is 5.43. The molecule has 0 aromatic heterocycles. The number of primary amides is 1. The monoisotopic (exact) mass is 330 g/mol. The number of ether oxygens (including phenoxy) is 1. The predicted octanol–water partition coefficient (Wildman–Crippen LogP) is 2.57. The number of nitrogens with one attached hydrogen (secondary N) is 1. The van der Waals surface area contributed by atoms with Gasteiger partial charge in [-0.1, -0.05) is 12.1 Å². The van der Waals surface area contributed by atoms with Gasteiger partial charge in [-0.15, -0.1) is 0 Å². The van der Waals surface area contributed by atoms with Crippen LogP contribution < -0.4 is 15.8 Å². The van der Waals surface area contributed by atoms with Crippen LogP contribution in [0.5, 0.6) is 5.75 Å². The molecule has 5 nitrogen and oxygen atoms in total. The van der Waals surface area contributed by atoms with E-state index in [1.165, 1.54) is 24.3 Å². The van der Waals surface area contributed by atoms with E-state index in [0.29, 0.717) is 11.3 Å². The molecule has 0 aliphatic carbocycles. The number of hydrogen-bond acceptors (Lipinski definition) is 3. The molecule has 6 heteroatoms. The number of amides is 2. The first-order valence-electron chi connectivity index (χ1n) is 7.49. The van der Waals surface area contributed by atoms with Gasteiger partial charge < -0.3 is 15.8 Å². The Hall–Kier alpha value is -2.89. The van der Waals surface area contributed by atoms with Gasteiger partial charge in [0.25, 0.3) is 5.91 Å². The molecule has 3 N–H and O–H groups in total. The van der Waals surface area contributed by atoms with Crippen LogP contribution in [-0.4, -0.2) is 17.9 Å². The van der Waals surface area contributed by atoms with Gasteiger partial charge in [0.15, 0.2) is 6.10 Å². The Kier molecular flexibility index (Phi) is 5.52. The van der Waals surface area contributed by atoms with E-state index in [1.54, 1.807) is 38.1 Å². The lowest BCUT2D eigenvalue weighted by Gasteiger charge is -2.19. The van der Waals surface area contributed by atoms with Crippen LogP contribution >= 0.6 is 0 Å². The third-order valence-electron chi connectivity index (χ3n) is 3.55. The Morgan fingerprint density at radius 1 is 1.04 bits per heavy atom. The molecular weight excluding hydrogens is 311 g/mol. The van der Waals surface area contributed by atoms with Crippen molar-refractivity contribution in [1.82, 2.24) is 5.32 Å². The summed E-state index contributed by atoms with van der Waals surface area (Å²) in [4.78, 5) is 23.2. The van der Waals surface area contributed by atoms with E-state index in [0.717, 1.165) is 5.56 Å². The average molecular weight is 330 g/mol. The van der Waals surface area contributed by atoms with Crippen LogP contribution in [0.25, 0.3) is 0 Å². The lowest BCUT2D eigenvalue weighted by molar-refractivity contribution is -0.127. The molecule has 2 aromatic carbocycles. The van der Waals surface area contributed by atoms with Gasteiger partial charge in [0.2, 0.25) is 5.91 Å². The summed E-state index contributed by atoms with van der Waals surface area (Å²) in [6.45, 7) is 3.42. The zero-order valence-electron chi connectivity index (χ0n) is 13.5. The highest BCUT2D eigenvalue weighted by Gasteiger charge is 2.18. The number of hydrogen-bond donors (Lipinski definition) is 2. The second kappa shape index (κ2) is 7.59. The number of benzene rings is 2. The zero-order chi connectivity index (χ0) is 17.7. The summed E-state index contributed by atoms with van der Waals surface area (Å²) in [5, 5.41) is 2.80. The summed E-state index contributed by atoms with van der Waals surface area (Å²) in [7, 11) is 0. The number of nitrogens with two attached hydrogens (primary N) is 1. The van der Waals surface area contributed by atoms with Crippen LogP contribution in [0.15, 0.2) is 48.5 Å². The second-order valence-corrected chi connectivity index (χ2v) is 5.43. The summed E-state index contributed by atoms with van der Waals surface area (Å²) in [6.07, 6.45) is -0.729. The Labute approximate surface area is 139 Å². The van der Waals surface area contributed by atoms with Crippen molar-refractivity contribution in [2.24, 2.45) is 5.73 Å². The van der Waals surface area contributed by atoms with Crippen molar-refractivity contribution >= 4 is 11.8 Å². The van der Waals surface area contributed by atoms with Crippen molar-refractivity contribution in [3.05, 3.63) is 65.5 Å². The number of carbonyl (C=O) groups is 2. The summed E-state index contributed by atoms with van der Waals surface area (Å²) >= 11 is 0. The maximum Gasteiger partial charge on any atom is 0.261 e. The third kappa shape index (κ3) is 4.55. The molecule has 0 fully saturated rings. The quantitative estimate of drug-likeness (QED) is 0.854. The molecule has 0 saturated carbocycles. The maximum atomic E-state index is 12.9. The van der Waals surface area contributed by atoms with Crippen LogP contribution in [-0.2, 0) is 4.79 Å². The Morgan fingerprint density at radius 3 is 2.17 bits per heavy atom. The van der Waals surface area contributed by atoms with Gasteiger partial charge in [-0.05, 0) is 55.8 Å². The predicted molar refractivity (Wildman–Crippen MR) is 88.0 cm³/mol. The molecule has 126 valence electrons. The van der Waals surface area contributed by atoms with E-state index in [1.807, 2.05) is 0 Å². The van der Waals surface area contributed by atoms with E-state index in [-0.39, 0.29) is 17.8 Å². The normalized spacial score (nSPS) is 13.0. The summed E-state index contributed by atoms with van der Waals surface area (Å²) in [5.41, 5.74) is 6.32. The highest BCUT2D eigenvalue weighted by atomic mass is 19.1. The van der Waals surface area contributed by atoms with Gasteiger partial charge in [-0.25, -0.2) is 4.39 Å². The molecular formula is C18H19FN2O3. The van der Waals surface area contributed by atoms with Gasteiger partial charge in [0.1, 0.15) is 11.6 Å². The van der Waals surface area contributed by atoms with Crippen LogP contribution in [0, 0.1) is 5.82 Å². The fourth-order valence-electron chi connectivity index (χ4n) is 2.12. The lowest BCUT2D eigenvalue weighted by atomic mass is 10.1. The van der Waals surface area contributed by atoms with Gasteiger partial charge in [0.05, 0.1) is 6.04 Å². The summed E-state index contributed by atoms with van der Waals surface area (Å²) in [6, 6.07) is 11.9. The Balaban J connectivity index is 1.93. The fourth-order valence-corrected chi connectivity index (χ4v) is 2.12. The van der Waals surface area contributed by atoms with Crippen molar-refractivity contribution in [2.75, 3.05) is 0 Å². The molecule has 2 atom stereocenters. The molecule has 0 bridgehead atoms. The zero-order valence-corrected chi connectivity index (χ0v) is 13.5. The topological polar surface area (TPSA) is 81.4 Å². The smallest absolute Gasteiger partial charge is 0.261 e. The number of rotatable bonds is 6. The van der Waals surface area contributed by atoms with E-state index in [4.69, 9.17) is 10.5 Å². The Bertz CT molecular complexity index is 714. The first-order valence-corrected chi connectivity index (χ1v) is 7.49. The van der Waals surface area contributed by atoms with E-state index >= 15 is 0 Å². The summed E-state index contributed by atoms with van der Waals surface area (Å²) < 4.78 is 18.5. The number of halogens is 1. The van der Waals surface area contributed by atoms with Crippen molar-refractivity contribution in [2.45, 2.75) is 26.0 Å². The Morgan fingerprint density at radius 2 is 1.62 bits per heavy atom. The molecule has 0 heterocycles. The minimum Gasteiger partial charge on any atom is -0.481 e. The minimum atomic E-state index is -0.729. The SMILES string of the molecule is C[C@@H](Oc1ccc(C(N)=O)cc1)C(=O)N[C@H](C)c1ccc(F)cc1. The average Bonchev–Trinajstić information content (AvgIpc) is 2.55. The molecule has 2 aromatic rings. The highest BCUT2D eigenvalue weighted by Crippen LogP contribution is 2.16. The van der Waals surface area contributed by atoms with Crippen molar-refractivity contribution in [3.63, 3.8) is 0 Å². The molecule has 0 radical (unpaired) electrons. The molecule has 0 aliphatic heterocycles. The fraction of sp³-hybridized carbons (Fsp3) is 0.222. The molecule has 0 unspecified atom stereocenters. The van der Waals surface area contributed by atoms with Crippen LogP contribution in [0.2, 0.25) is 0 Å². The van der Waals surface area contributed by atoms with Crippen molar-refractivity contribution in [3.8, 4) is 5.75 Å². The van der Waals surface area contributed by atoms with Crippen LogP contribution in [0.4, 0.5) is 4.39 Å². The van der Waals surface area contributed by atoms with Crippen molar-refractivity contribution in [1.29, 1.82) is 0 Å². The maximum absolute atomic E-state index is 12.9. The molecule has 0 spiro atoms. The minimum absolute atomic E-state index is 0.276. The molecule has 2 amide bonds. The van der Waals surface area contributed by atoms with Gasteiger partial charge in [-0.3, -0.25) is 9.59 Å². The molecule has 0 saturated heterocycles. The lowest BCUT2D eigenvalue weighted by Crippen LogP contribution is -2.37. The largest absolute Gasteiger partial charge is 0.481 e. The van der Waals surface area contributed by atoms with Crippen LogP contribution in [0.1, 0.15) is 35.8 Å². The standard InChI is InChI=1S/C18H19FN2O3/c1-11(13-3-7-15(19)8-4-13)21-18(23)12(2)24-16-9-5-14(6-10-16)17(20)22/h3-12H,1-2H3,(H2,20,22)(H,21,23)/t11-,12-/m1/s1. The first kappa shape index (κ1) is 17.5. The summed E-state index contributed by atoms with van der Waals surface area (Å²) in [5.74, 6) is -0.697. The third-order valence-corrected chi connectivity index (χ3v) is 3.55. The van der Waals surface area contributed by atoms with Gasteiger partial charge >= 0.3 is 0 Å². The van der Waals surface area contributed by atoms with Crippen molar-refractivity contribution < 1.29 is 18.7 Å². The first-order chi connectivity index (χ1) is 11.4. The number of carbonyl (C=O) groups excluding carboxylic acids is 2. The highest BCUT2D eigenvalue weighted by molar-refractivity contribution is 5.92. The van der Waals surface area contributed by atoms with Gasteiger partial charge in [-0.2, -0.15) is 0 Å². The van der Waals surface area contributed by atoms with E-state index in [9.17, 15) is 14.0 Å². The molecule has 0 aliphatic rings. The van der Waals surface area contributed by atoms with E-state index in [2.05, 4.69) is 5.32 Å².